The summed E-state index contributed by atoms with van der Waals surface area (Å²) in [5.74, 6) is 0.391. The van der Waals surface area contributed by atoms with Crippen molar-refractivity contribution in [2.45, 2.75) is 49.7 Å². The molecule has 0 aliphatic carbocycles. The molecule has 6 rings (SSSR count). The molecule has 0 saturated carbocycles. The molecule has 39 heavy (non-hydrogen) atoms. The van der Waals surface area contributed by atoms with Crippen LogP contribution >= 0.6 is 7.82 Å². The molecule has 7 atom stereocenters. The molecule has 2 saturated heterocycles. The Morgan fingerprint density at radius 3 is 2.08 bits per heavy atom. The van der Waals surface area contributed by atoms with Crippen molar-refractivity contribution >= 4 is 41.8 Å². The van der Waals surface area contributed by atoms with Crippen LogP contribution in [0.5, 0.6) is 0 Å². The van der Waals surface area contributed by atoms with Crippen LogP contribution in [-0.2, 0) is 23.1 Å². The fraction of sp³-hybridized carbons (Fsp3) is 0.500. The van der Waals surface area contributed by atoms with E-state index in [1.807, 2.05) is 0 Å². The van der Waals surface area contributed by atoms with Crippen LogP contribution < -0.4 is 11.5 Å². The number of aliphatic hydroxyl groups is 2. The maximum atomic E-state index is 12.8. The van der Waals surface area contributed by atoms with Gasteiger partial charge in [0.1, 0.15) is 54.5 Å². The Kier molecular flexibility index (Phi) is 6.64. The first-order chi connectivity index (χ1) is 18.7. The second kappa shape index (κ2) is 10.00. The van der Waals surface area contributed by atoms with Crippen molar-refractivity contribution < 1.29 is 38.2 Å². The van der Waals surface area contributed by atoms with E-state index in [1.165, 1.54) is 25.3 Å². The number of ether oxygens (including phenoxy) is 2. The Balaban J connectivity index is 1.09. The van der Waals surface area contributed by atoms with E-state index < -0.39 is 57.9 Å². The van der Waals surface area contributed by atoms with Crippen molar-refractivity contribution in [2.24, 2.45) is 0 Å². The van der Waals surface area contributed by atoms with E-state index in [0.717, 1.165) is 0 Å². The second-order valence-corrected chi connectivity index (χ2v) is 10.5. The van der Waals surface area contributed by atoms with Gasteiger partial charge in [-0.3, -0.25) is 18.2 Å². The molecule has 0 radical (unpaired) electrons. The number of aliphatic hydroxyl groups excluding tert-OH is 2. The third-order valence-electron chi connectivity index (χ3n) is 6.63. The van der Waals surface area contributed by atoms with Crippen molar-refractivity contribution in [1.82, 2.24) is 39.0 Å². The Morgan fingerprint density at radius 2 is 1.49 bits per heavy atom. The summed E-state index contributed by atoms with van der Waals surface area (Å²) >= 11 is 0. The van der Waals surface area contributed by atoms with Crippen LogP contribution in [0.3, 0.4) is 0 Å². The highest BCUT2D eigenvalue weighted by Gasteiger charge is 2.43. The lowest BCUT2D eigenvalue weighted by molar-refractivity contribution is -0.0554. The predicted octanol–water partition coefficient (Wildman–Crippen LogP) is -0.739. The number of rotatable bonds is 8. The maximum absolute atomic E-state index is 12.8. The molecule has 6 heterocycles. The van der Waals surface area contributed by atoms with Crippen LogP contribution in [-0.4, -0.2) is 91.8 Å². The van der Waals surface area contributed by atoms with Gasteiger partial charge in [-0.2, -0.15) is 0 Å². The minimum Gasteiger partial charge on any atom is -0.394 e. The zero-order chi connectivity index (χ0) is 27.3. The van der Waals surface area contributed by atoms with E-state index in [2.05, 4.69) is 29.9 Å². The average Bonchev–Trinajstić information content (AvgIpc) is 3.68. The average molecular weight is 564 g/mol. The maximum Gasteiger partial charge on any atom is 0.472 e. The number of aromatic nitrogens is 8. The molecule has 4 aromatic rings. The van der Waals surface area contributed by atoms with Gasteiger partial charge < -0.3 is 36.0 Å². The van der Waals surface area contributed by atoms with E-state index in [9.17, 15) is 19.7 Å². The van der Waals surface area contributed by atoms with E-state index in [0.29, 0.717) is 22.3 Å². The predicted molar refractivity (Wildman–Crippen MR) is 130 cm³/mol. The zero-order valence-corrected chi connectivity index (χ0v) is 21.1. The number of phosphoric acid groups is 1. The quantitative estimate of drug-likeness (QED) is 0.165. The smallest absolute Gasteiger partial charge is 0.394 e. The van der Waals surface area contributed by atoms with Gasteiger partial charge in [0.25, 0.3) is 0 Å². The molecule has 2 aliphatic heterocycles. The highest BCUT2D eigenvalue weighted by molar-refractivity contribution is 7.47. The molecule has 0 spiro atoms. The van der Waals surface area contributed by atoms with Crippen molar-refractivity contribution in [3.63, 3.8) is 0 Å². The monoisotopic (exact) mass is 564 g/mol. The first-order valence-electron chi connectivity index (χ1n) is 11.9. The molecular formula is C20H25N10O8P. The van der Waals surface area contributed by atoms with Crippen LogP contribution in [0, 0.1) is 0 Å². The number of nitrogens with zero attached hydrogens (tertiary/aromatic N) is 8. The van der Waals surface area contributed by atoms with E-state index in [4.69, 9.17) is 30.0 Å². The first-order valence-corrected chi connectivity index (χ1v) is 13.3. The van der Waals surface area contributed by atoms with Gasteiger partial charge in [-0.1, -0.05) is 0 Å². The summed E-state index contributed by atoms with van der Waals surface area (Å²) in [5, 5.41) is 20.3. The lowest BCUT2D eigenvalue weighted by atomic mass is 10.2. The number of nitrogens with two attached hydrogens (primary N) is 2. The molecule has 0 amide bonds. The van der Waals surface area contributed by atoms with E-state index >= 15 is 0 Å². The summed E-state index contributed by atoms with van der Waals surface area (Å²) in [6.45, 7) is -0.928. The number of nitrogen functional groups attached to an aromatic ring is 2. The molecule has 0 bridgehead atoms. The molecule has 4 aromatic heterocycles. The van der Waals surface area contributed by atoms with Gasteiger partial charge in [-0.25, -0.2) is 34.5 Å². The number of hydrogen-bond donors (Lipinski definition) is 5. The topological polar surface area (TPSA) is 254 Å². The van der Waals surface area contributed by atoms with Crippen molar-refractivity contribution in [3.05, 3.63) is 25.3 Å². The molecule has 7 N–H and O–H groups in total. The Morgan fingerprint density at radius 1 is 0.923 bits per heavy atom. The number of hydrogen-bond acceptors (Lipinski definition) is 15. The Hall–Kier alpha value is -3.35. The van der Waals surface area contributed by atoms with Gasteiger partial charge in [0.05, 0.1) is 32.0 Å². The van der Waals surface area contributed by atoms with Gasteiger partial charge >= 0.3 is 7.82 Å². The first kappa shape index (κ1) is 25.9. The molecule has 2 fully saturated rings. The van der Waals surface area contributed by atoms with Crippen LogP contribution in [0.4, 0.5) is 11.6 Å². The van der Waals surface area contributed by atoms with Gasteiger partial charge in [0.15, 0.2) is 22.9 Å². The Labute approximate surface area is 219 Å². The normalized spacial score (nSPS) is 28.9. The van der Waals surface area contributed by atoms with Gasteiger partial charge in [-0.15, -0.1) is 0 Å². The molecule has 0 aromatic carbocycles. The van der Waals surface area contributed by atoms with E-state index in [1.54, 1.807) is 9.13 Å². The number of phosphoric ester groups is 1. The summed E-state index contributed by atoms with van der Waals surface area (Å²) in [5.41, 5.74) is 13.2. The summed E-state index contributed by atoms with van der Waals surface area (Å²) in [4.78, 5) is 34.9. The zero-order valence-electron chi connectivity index (χ0n) is 20.2. The summed E-state index contributed by atoms with van der Waals surface area (Å²) in [6.07, 6.45) is 0.436. The molecule has 208 valence electrons. The fourth-order valence-corrected chi connectivity index (χ4v) is 5.67. The summed E-state index contributed by atoms with van der Waals surface area (Å²) in [6, 6.07) is 0. The number of fused-ring (bicyclic) bond motifs is 2. The molecule has 7 unspecified atom stereocenters. The highest BCUT2D eigenvalue weighted by Crippen LogP contribution is 2.49. The van der Waals surface area contributed by atoms with Gasteiger partial charge in [0, 0.05) is 12.8 Å². The lowest BCUT2D eigenvalue weighted by Gasteiger charge is -2.21. The lowest BCUT2D eigenvalue weighted by Crippen LogP contribution is -2.29. The summed E-state index contributed by atoms with van der Waals surface area (Å²) < 4.78 is 38.2. The molecule has 18 nitrogen and oxygen atoms in total. The van der Waals surface area contributed by atoms with Crippen LogP contribution in [0.15, 0.2) is 25.3 Å². The molecule has 2 aliphatic rings. The Bertz CT molecular complexity index is 1550. The van der Waals surface area contributed by atoms with Crippen molar-refractivity contribution in [3.8, 4) is 0 Å². The third-order valence-corrected chi connectivity index (χ3v) is 7.64. The number of imidazole rings is 2. The van der Waals surface area contributed by atoms with Gasteiger partial charge in [0.2, 0.25) is 0 Å². The minimum atomic E-state index is -4.66. The summed E-state index contributed by atoms with van der Waals surface area (Å²) in [7, 11) is -4.66. The largest absolute Gasteiger partial charge is 0.472 e. The molecular weight excluding hydrogens is 539 g/mol. The van der Waals surface area contributed by atoms with Crippen LogP contribution in [0.25, 0.3) is 22.3 Å². The second-order valence-electron chi connectivity index (χ2n) is 9.05. The van der Waals surface area contributed by atoms with E-state index in [-0.39, 0.29) is 24.5 Å². The third kappa shape index (κ3) is 4.81. The standard InChI is InChI=1S/C20H25N10O8P/c21-17-15-19(25-5-23-17)29(7-27-15)13-1-9(32)12(37-13)4-35-39(33,34)38-10-2-14(36-11(10)3-31)30-8-28-16-18(22)24-6-26-20(16)30/h5-14,31-32H,1-4H2,(H,33,34)(H2,21,23,25)(H2,22,24,26). The van der Waals surface area contributed by atoms with Crippen molar-refractivity contribution in [2.75, 3.05) is 24.7 Å². The fourth-order valence-electron chi connectivity index (χ4n) is 4.71. The van der Waals surface area contributed by atoms with Crippen molar-refractivity contribution in [1.29, 1.82) is 0 Å². The van der Waals surface area contributed by atoms with Gasteiger partial charge in [-0.05, 0) is 0 Å². The van der Waals surface area contributed by atoms with Crippen LogP contribution in [0.2, 0.25) is 0 Å². The number of anilines is 2. The highest BCUT2D eigenvalue weighted by atomic mass is 31.2. The SMILES string of the molecule is Nc1ncnc2c1ncn2C1CC(O)C(COP(=O)(O)OC2CC(n3cnc4c(N)ncnc43)OC2CO)O1. The molecule has 19 heteroatoms. The van der Waals surface area contributed by atoms with Crippen LogP contribution in [0.1, 0.15) is 25.3 Å². The minimum absolute atomic E-state index is 0.0812.